The van der Waals surface area contributed by atoms with Gasteiger partial charge in [-0.3, -0.25) is 9.78 Å². The summed E-state index contributed by atoms with van der Waals surface area (Å²) in [5.74, 6) is 6.82. The number of pyridine rings is 1. The van der Waals surface area contributed by atoms with Crippen LogP contribution in [0.3, 0.4) is 0 Å². The van der Waals surface area contributed by atoms with Crippen LogP contribution in [0.1, 0.15) is 12.6 Å². The van der Waals surface area contributed by atoms with Gasteiger partial charge in [0, 0.05) is 35.1 Å². The Morgan fingerprint density at radius 2 is 2.26 bits per heavy atom. The lowest BCUT2D eigenvalue weighted by atomic mass is 10.1. The van der Waals surface area contributed by atoms with Gasteiger partial charge in [-0.05, 0) is 13.0 Å². The molecule has 182 valence electrons. The summed E-state index contributed by atoms with van der Waals surface area (Å²) in [4.78, 5) is 26.2. The lowest BCUT2D eigenvalue weighted by Crippen LogP contribution is -2.54. The first-order chi connectivity index (χ1) is 16.3. The fourth-order valence-electron chi connectivity index (χ4n) is 3.30. The van der Waals surface area contributed by atoms with Crippen LogP contribution >= 0.6 is 34.7 Å². The molecule has 7 N–H and O–H groups in total. The second-order valence-electron chi connectivity index (χ2n) is 7.56. The minimum Gasteiger partial charge on any atom is -0.396 e. The quantitative estimate of drug-likeness (QED) is 0.235. The van der Waals surface area contributed by atoms with Gasteiger partial charge in [0.1, 0.15) is 17.2 Å². The molecule has 0 spiro atoms. The highest BCUT2D eigenvalue weighted by Crippen LogP contribution is 2.36. The van der Waals surface area contributed by atoms with Gasteiger partial charge < -0.3 is 35.3 Å². The molecule has 0 radical (unpaired) electrons. The molecule has 1 aliphatic rings. The number of halogens is 1. The van der Waals surface area contributed by atoms with Crippen LogP contribution in [0.25, 0.3) is 17.2 Å². The molecule has 4 heterocycles. The number of thioether (sulfide) groups is 1. The van der Waals surface area contributed by atoms with Crippen molar-refractivity contribution < 1.29 is 14.6 Å². The van der Waals surface area contributed by atoms with Crippen LogP contribution in [0.4, 0.5) is 0 Å². The molecule has 0 bridgehead atoms. The first-order valence-electron chi connectivity index (χ1n) is 10.2. The number of aliphatic hydroxyl groups excluding tert-OH is 1. The maximum Gasteiger partial charge on any atom is 0.304 e. The van der Waals surface area contributed by atoms with Gasteiger partial charge in [0.2, 0.25) is 0 Å². The molecule has 0 aromatic carbocycles. The topological polar surface area (TPSA) is 168 Å². The number of nitrogens with zero attached hydrogens (tertiary/aromatic N) is 3. The molecular weight excluding hydrogens is 502 g/mol. The zero-order valence-electron chi connectivity index (χ0n) is 18.1. The van der Waals surface area contributed by atoms with Gasteiger partial charge in [-0.2, -0.15) is 0 Å². The summed E-state index contributed by atoms with van der Waals surface area (Å²) < 4.78 is 11.8. The van der Waals surface area contributed by atoms with Gasteiger partial charge >= 0.3 is 4.87 Å². The van der Waals surface area contributed by atoms with Gasteiger partial charge in [-0.15, -0.1) is 0 Å². The Morgan fingerprint density at radius 3 is 2.97 bits per heavy atom. The number of ether oxygens (including phenoxy) is 2. The van der Waals surface area contributed by atoms with E-state index in [9.17, 15) is 9.90 Å². The smallest absolute Gasteiger partial charge is 0.304 e. The number of imidazole rings is 1. The van der Waals surface area contributed by atoms with E-state index in [0.29, 0.717) is 33.7 Å². The fourth-order valence-corrected chi connectivity index (χ4v) is 5.38. The Morgan fingerprint density at radius 1 is 1.44 bits per heavy atom. The van der Waals surface area contributed by atoms with E-state index in [-0.39, 0.29) is 23.3 Å². The Hall–Kier alpha value is -2.39. The standard InChI is InChI=1S/C20H24ClN7O4S2/c1-10-7-31-8-14(28(23)6-12(22)13-9-33-20(30)27-13)17(29)19(32-10)34-15-4-11(21)5-26-16(15)18-24-2-3-25-18/h2-6,9-10,14,17,19,29H,7-8,22-23H2,1H3,(H,24,25)(H,27,30)/b12-6-/t10?,14-,17?,19?/m1/s1. The third kappa shape index (κ3) is 5.81. The molecule has 4 atom stereocenters. The zero-order chi connectivity index (χ0) is 24.2. The van der Waals surface area contributed by atoms with E-state index in [4.69, 9.17) is 32.7 Å². The van der Waals surface area contributed by atoms with E-state index in [0.717, 1.165) is 11.3 Å². The average Bonchev–Trinajstić information content (AvgIpc) is 3.47. The van der Waals surface area contributed by atoms with Crippen LogP contribution in [0.2, 0.25) is 5.02 Å². The highest BCUT2D eigenvalue weighted by molar-refractivity contribution is 8.00. The number of hydrogen-bond acceptors (Lipinski definition) is 11. The third-order valence-corrected chi connectivity index (χ3v) is 7.03. The zero-order valence-corrected chi connectivity index (χ0v) is 20.4. The van der Waals surface area contributed by atoms with Crippen molar-refractivity contribution >= 4 is 40.4 Å². The number of thiazole rings is 1. The van der Waals surface area contributed by atoms with E-state index in [1.807, 2.05) is 6.92 Å². The highest BCUT2D eigenvalue weighted by atomic mass is 35.5. The van der Waals surface area contributed by atoms with Crippen molar-refractivity contribution in [3.05, 3.63) is 56.6 Å². The number of aromatic amines is 2. The number of aromatic nitrogens is 4. The summed E-state index contributed by atoms with van der Waals surface area (Å²) in [6.45, 7) is 2.30. The minimum absolute atomic E-state index is 0.130. The van der Waals surface area contributed by atoms with Crippen LogP contribution < -0.4 is 16.4 Å². The van der Waals surface area contributed by atoms with Crippen molar-refractivity contribution in [3.63, 3.8) is 0 Å². The van der Waals surface area contributed by atoms with Gasteiger partial charge in [-0.1, -0.05) is 34.7 Å². The van der Waals surface area contributed by atoms with E-state index >= 15 is 0 Å². The molecule has 34 heavy (non-hydrogen) atoms. The van der Waals surface area contributed by atoms with Gasteiger partial charge in [0.15, 0.2) is 5.82 Å². The van der Waals surface area contributed by atoms with Crippen molar-refractivity contribution in [2.24, 2.45) is 11.6 Å². The molecule has 1 saturated heterocycles. The Bertz CT molecular complexity index is 1190. The van der Waals surface area contributed by atoms with Gasteiger partial charge in [0.25, 0.3) is 0 Å². The maximum absolute atomic E-state index is 11.4. The third-order valence-electron chi connectivity index (χ3n) is 4.97. The predicted molar refractivity (Wildman–Crippen MR) is 131 cm³/mol. The van der Waals surface area contributed by atoms with Crippen molar-refractivity contribution in [2.75, 3.05) is 13.2 Å². The van der Waals surface area contributed by atoms with Crippen molar-refractivity contribution in [1.29, 1.82) is 0 Å². The lowest BCUT2D eigenvalue weighted by Gasteiger charge is -2.37. The predicted octanol–water partition coefficient (Wildman–Crippen LogP) is 1.59. The molecule has 0 amide bonds. The van der Waals surface area contributed by atoms with Crippen molar-refractivity contribution in [1.82, 2.24) is 24.9 Å². The normalized spacial score (nSPS) is 23.9. The lowest BCUT2D eigenvalue weighted by molar-refractivity contribution is -0.117. The van der Waals surface area contributed by atoms with Crippen LogP contribution in [0, 0.1) is 0 Å². The molecule has 1 aliphatic heterocycles. The van der Waals surface area contributed by atoms with Gasteiger partial charge in [-0.25, -0.2) is 10.8 Å². The summed E-state index contributed by atoms with van der Waals surface area (Å²) in [6, 6.07) is 1.04. The maximum atomic E-state index is 11.4. The van der Waals surface area contributed by atoms with Crippen LogP contribution in [-0.2, 0) is 9.47 Å². The number of hydrogen-bond donors (Lipinski definition) is 5. The second kappa shape index (κ2) is 10.9. The Labute approximate surface area is 208 Å². The molecule has 3 unspecified atom stereocenters. The molecular formula is C20H24ClN7O4S2. The summed E-state index contributed by atoms with van der Waals surface area (Å²) in [7, 11) is 0. The number of aliphatic hydroxyl groups is 1. The number of rotatable bonds is 6. The monoisotopic (exact) mass is 525 g/mol. The second-order valence-corrected chi connectivity index (χ2v) is 9.98. The minimum atomic E-state index is -1.09. The average molecular weight is 526 g/mol. The number of nitrogens with two attached hydrogens (primary N) is 2. The molecule has 3 aromatic heterocycles. The van der Waals surface area contributed by atoms with Crippen molar-refractivity contribution in [2.45, 2.75) is 35.5 Å². The first kappa shape index (κ1) is 24.7. The number of nitrogens with one attached hydrogen (secondary N) is 2. The largest absolute Gasteiger partial charge is 0.396 e. The van der Waals surface area contributed by atoms with Crippen LogP contribution in [0.15, 0.2) is 45.9 Å². The molecule has 0 saturated carbocycles. The number of H-pyrrole nitrogens is 2. The molecule has 1 fully saturated rings. The van der Waals surface area contributed by atoms with Crippen LogP contribution in [0.5, 0.6) is 0 Å². The Balaban J connectivity index is 1.60. The molecule has 3 aromatic rings. The van der Waals surface area contributed by atoms with E-state index < -0.39 is 17.6 Å². The summed E-state index contributed by atoms with van der Waals surface area (Å²) in [5.41, 5.74) is 6.61. The van der Waals surface area contributed by atoms with Crippen molar-refractivity contribution in [3.8, 4) is 11.5 Å². The first-order valence-corrected chi connectivity index (χ1v) is 12.4. The molecule has 11 nitrogen and oxygen atoms in total. The fraction of sp³-hybridized carbons (Fsp3) is 0.350. The summed E-state index contributed by atoms with van der Waals surface area (Å²) in [6.07, 6.45) is 4.92. The van der Waals surface area contributed by atoms with Crippen LogP contribution in [-0.4, -0.2) is 67.0 Å². The Kier molecular flexibility index (Phi) is 7.93. The summed E-state index contributed by atoms with van der Waals surface area (Å²) in [5, 5.41) is 14.6. The van der Waals surface area contributed by atoms with E-state index in [2.05, 4.69) is 19.9 Å². The van der Waals surface area contributed by atoms with E-state index in [1.165, 1.54) is 29.2 Å². The molecule has 4 rings (SSSR count). The molecule has 14 heteroatoms. The molecule has 0 aliphatic carbocycles. The van der Waals surface area contributed by atoms with Gasteiger partial charge in [0.05, 0.1) is 41.8 Å². The number of hydrazine groups is 1. The summed E-state index contributed by atoms with van der Waals surface area (Å²) >= 11 is 8.47. The SMILES string of the molecule is CC1COC[C@@H](N(N)/C=C(\N)c2csc(=O)[nH]2)C(O)C(Sc2cc(Cl)cnc2-c2ncc[nH]2)O1. The van der Waals surface area contributed by atoms with E-state index in [1.54, 1.807) is 23.8 Å². The highest BCUT2D eigenvalue weighted by Gasteiger charge is 2.36.